The molecule has 2 aromatic rings. The molecule has 10 heteroatoms. The first-order valence-corrected chi connectivity index (χ1v) is 13.1. The van der Waals surface area contributed by atoms with Gasteiger partial charge in [0.15, 0.2) is 0 Å². The monoisotopic (exact) mass is 530 g/mol. The third kappa shape index (κ3) is 7.09. The Morgan fingerprint density at radius 3 is 2.11 bits per heavy atom. The number of rotatable bonds is 11. The molecule has 0 aliphatic carbocycles. The van der Waals surface area contributed by atoms with Crippen molar-refractivity contribution >= 4 is 29.4 Å². The van der Waals surface area contributed by atoms with Crippen LogP contribution in [0.5, 0.6) is 17.2 Å². The molecule has 1 fully saturated rings. The van der Waals surface area contributed by atoms with Crippen LogP contribution in [-0.4, -0.2) is 70.7 Å². The fourth-order valence-corrected chi connectivity index (χ4v) is 5.38. The van der Waals surface area contributed by atoms with Crippen molar-refractivity contribution in [1.82, 2.24) is 5.32 Å². The maximum absolute atomic E-state index is 13.1. The predicted molar refractivity (Wildman–Crippen MR) is 144 cm³/mol. The van der Waals surface area contributed by atoms with Crippen LogP contribution in [0, 0.1) is 5.92 Å². The van der Waals surface area contributed by atoms with Gasteiger partial charge in [-0.1, -0.05) is 29.4 Å². The van der Waals surface area contributed by atoms with E-state index in [9.17, 15) is 9.59 Å². The molecule has 2 aromatic carbocycles. The Morgan fingerprint density at radius 1 is 0.973 bits per heavy atom. The summed E-state index contributed by atoms with van der Waals surface area (Å²) in [5, 5.41) is 6.80. The summed E-state index contributed by atoms with van der Waals surface area (Å²) in [5.74, 6) is 2.78. The molecule has 3 rings (SSSR count). The zero-order valence-corrected chi connectivity index (χ0v) is 22.7. The number of benzene rings is 2. The highest BCUT2D eigenvalue weighted by molar-refractivity contribution is 7.99. The van der Waals surface area contributed by atoms with E-state index >= 15 is 0 Å². The second-order valence-corrected chi connectivity index (χ2v) is 9.63. The van der Waals surface area contributed by atoms with E-state index in [0.717, 1.165) is 41.0 Å². The van der Waals surface area contributed by atoms with Gasteiger partial charge in [0.25, 0.3) is 5.91 Å². The van der Waals surface area contributed by atoms with Crippen LogP contribution < -0.4 is 19.5 Å². The molecule has 0 aromatic heterocycles. The smallest absolute Gasteiger partial charge is 0.328 e. The summed E-state index contributed by atoms with van der Waals surface area (Å²) in [6, 6.07) is 10.3. The Balaban J connectivity index is 1.81. The van der Waals surface area contributed by atoms with Crippen molar-refractivity contribution < 1.29 is 33.4 Å². The van der Waals surface area contributed by atoms with E-state index in [0.29, 0.717) is 23.0 Å². The Bertz CT molecular complexity index is 1070. The number of ether oxygens (including phenoxy) is 4. The lowest BCUT2D eigenvalue weighted by atomic mass is 9.95. The van der Waals surface area contributed by atoms with E-state index in [4.69, 9.17) is 23.8 Å². The van der Waals surface area contributed by atoms with Crippen molar-refractivity contribution in [3.8, 4) is 28.4 Å². The first-order valence-electron chi connectivity index (χ1n) is 11.9. The van der Waals surface area contributed by atoms with Gasteiger partial charge in [0.05, 0.1) is 34.0 Å². The van der Waals surface area contributed by atoms with Crippen molar-refractivity contribution in [2.45, 2.75) is 25.3 Å². The SMILES string of the molecule is CON=C(C(=O)N[C@@H](Cc1ccc(-c2c(OC)cc(OC)cc2OC)cc1)C(=O)OC)C1CCSCC1. The van der Waals surface area contributed by atoms with Gasteiger partial charge in [-0.2, -0.15) is 11.8 Å². The fraction of sp³-hybridized carbons (Fsp3) is 0.444. The molecule has 37 heavy (non-hydrogen) atoms. The highest BCUT2D eigenvalue weighted by Gasteiger charge is 2.30. The average molecular weight is 531 g/mol. The van der Waals surface area contributed by atoms with Crippen LogP contribution in [0.1, 0.15) is 18.4 Å². The van der Waals surface area contributed by atoms with Gasteiger partial charge in [0, 0.05) is 24.5 Å². The van der Waals surface area contributed by atoms with Crippen LogP contribution in [0.2, 0.25) is 0 Å². The minimum Gasteiger partial charge on any atom is -0.496 e. The molecule has 1 amide bonds. The Morgan fingerprint density at radius 2 is 1.59 bits per heavy atom. The van der Waals surface area contributed by atoms with Gasteiger partial charge in [-0.25, -0.2) is 4.79 Å². The van der Waals surface area contributed by atoms with Crippen LogP contribution in [0.25, 0.3) is 11.1 Å². The molecule has 1 atom stereocenters. The second kappa shape index (κ2) is 13.8. The molecule has 0 saturated carbocycles. The molecule has 0 spiro atoms. The first kappa shape index (κ1) is 28.2. The highest BCUT2D eigenvalue weighted by Crippen LogP contribution is 2.41. The number of hydrogen-bond donors (Lipinski definition) is 1. The predicted octanol–water partition coefficient (Wildman–Crippen LogP) is 3.73. The largest absolute Gasteiger partial charge is 0.496 e. The van der Waals surface area contributed by atoms with Crippen LogP contribution >= 0.6 is 11.8 Å². The number of carbonyl (C=O) groups excluding carboxylic acids is 2. The van der Waals surface area contributed by atoms with Gasteiger partial charge in [-0.15, -0.1) is 0 Å². The number of oxime groups is 1. The van der Waals surface area contributed by atoms with E-state index in [1.807, 2.05) is 36.0 Å². The normalized spacial score (nSPS) is 14.9. The number of nitrogens with one attached hydrogen (secondary N) is 1. The Labute approximate surface area is 221 Å². The molecule has 0 radical (unpaired) electrons. The second-order valence-electron chi connectivity index (χ2n) is 8.40. The number of amides is 1. The minimum atomic E-state index is -0.881. The number of nitrogens with zero attached hydrogens (tertiary/aromatic N) is 1. The third-order valence-corrected chi connectivity index (χ3v) is 7.27. The quantitative estimate of drug-likeness (QED) is 0.266. The van der Waals surface area contributed by atoms with Gasteiger partial charge in [0.2, 0.25) is 0 Å². The lowest BCUT2D eigenvalue weighted by molar-refractivity contribution is -0.144. The van der Waals surface area contributed by atoms with Crippen molar-refractivity contribution in [2.75, 3.05) is 47.1 Å². The fourth-order valence-electron chi connectivity index (χ4n) is 4.27. The molecule has 0 bridgehead atoms. The summed E-state index contributed by atoms with van der Waals surface area (Å²) in [5.41, 5.74) is 2.79. The van der Waals surface area contributed by atoms with Gasteiger partial charge in [-0.05, 0) is 35.5 Å². The number of hydrogen-bond acceptors (Lipinski definition) is 9. The van der Waals surface area contributed by atoms with Crippen LogP contribution in [0.3, 0.4) is 0 Å². The van der Waals surface area contributed by atoms with E-state index in [1.165, 1.54) is 14.2 Å². The summed E-state index contributed by atoms with van der Waals surface area (Å²) in [6.45, 7) is 0. The molecule has 1 aliphatic heterocycles. The van der Waals surface area contributed by atoms with Crippen LogP contribution in [-0.2, 0) is 25.6 Å². The summed E-state index contributed by atoms with van der Waals surface area (Å²) >= 11 is 1.85. The molecule has 0 unspecified atom stereocenters. The molecule has 1 N–H and O–H groups in total. The number of carbonyl (C=O) groups is 2. The van der Waals surface area contributed by atoms with Crippen molar-refractivity contribution in [3.05, 3.63) is 42.0 Å². The van der Waals surface area contributed by atoms with Gasteiger partial charge in [0.1, 0.15) is 36.1 Å². The Kier molecular flexibility index (Phi) is 10.5. The number of thioether (sulfide) groups is 1. The third-order valence-electron chi connectivity index (χ3n) is 6.22. The maximum atomic E-state index is 13.1. The van der Waals surface area contributed by atoms with E-state index < -0.39 is 17.9 Å². The number of esters is 1. The molecular formula is C27H34N2O7S. The van der Waals surface area contributed by atoms with E-state index in [2.05, 4.69) is 10.5 Å². The average Bonchev–Trinajstić information content (AvgIpc) is 2.95. The summed E-state index contributed by atoms with van der Waals surface area (Å²) in [6.07, 6.45) is 1.92. The van der Waals surface area contributed by atoms with Gasteiger partial charge >= 0.3 is 5.97 Å². The minimum absolute atomic E-state index is 0.00626. The van der Waals surface area contributed by atoms with Crippen LogP contribution in [0.4, 0.5) is 0 Å². The van der Waals surface area contributed by atoms with Gasteiger partial charge in [-0.3, -0.25) is 4.79 Å². The van der Waals surface area contributed by atoms with Crippen molar-refractivity contribution in [2.24, 2.45) is 11.1 Å². The van der Waals surface area contributed by atoms with Gasteiger partial charge < -0.3 is 29.1 Å². The first-order chi connectivity index (χ1) is 17.9. The molecule has 1 aliphatic rings. The topological polar surface area (TPSA) is 105 Å². The maximum Gasteiger partial charge on any atom is 0.328 e. The van der Waals surface area contributed by atoms with E-state index in [-0.39, 0.29) is 12.3 Å². The summed E-state index contributed by atoms with van der Waals surface area (Å²) < 4.78 is 21.4. The van der Waals surface area contributed by atoms with Crippen molar-refractivity contribution in [1.29, 1.82) is 0 Å². The van der Waals surface area contributed by atoms with Crippen LogP contribution in [0.15, 0.2) is 41.6 Å². The highest BCUT2D eigenvalue weighted by atomic mass is 32.2. The molecule has 1 heterocycles. The molecule has 9 nitrogen and oxygen atoms in total. The molecular weight excluding hydrogens is 496 g/mol. The lowest BCUT2D eigenvalue weighted by Gasteiger charge is -2.23. The lowest BCUT2D eigenvalue weighted by Crippen LogP contribution is -2.47. The van der Waals surface area contributed by atoms with Crippen molar-refractivity contribution in [3.63, 3.8) is 0 Å². The summed E-state index contributed by atoms with van der Waals surface area (Å²) in [7, 11) is 7.47. The summed E-state index contributed by atoms with van der Waals surface area (Å²) in [4.78, 5) is 30.6. The standard InChI is InChI=1S/C27H34N2O7S/c1-32-20-15-22(33-2)24(23(16-20)34-3)18-8-6-17(7-9-18)14-21(27(31)35-4)28-26(30)25(29-36-5)19-10-12-37-13-11-19/h6-9,15-16,19,21H,10-14H2,1-5H3,(H,28,30)/t21-/m0/s1. The zero-order valence-electron chi connectivity index (χ0n) is 21.9. The zero-order chi connectivity index (χ0) is 26.8. The number of methoxy groups -OCH3 is 4. The molecule has 1 saturated heterocycles. The Hall–Kier alpha value is -3.40. The molecule has 200 valence electrons. The van der Waals surface area contributed by atoms with E-state index in [1.54, 1.807) is 33.5 Å².